The molecular formula is C8H12BrN3. The summed E-state index contributed by atoms with van der Waals surface area (Å²) in [4.78, 5) is 0. The van der Waals surface area contributed by atoms with E-state index in [9.17, 15) is 0 Å². The summed E-state index contributed by atoms with van der Waals surface area (Å²) in [6, 6.07) is 2.51. The van der Waals surface area contributed by atoms with Crippen LogP contribution in [0.15, 0.2) is 10.7 Å². The number of aromatic nitrogens is 2. The van der Waals surface area contributed by atoms with Crippen LogP contribution in [0.1, 0.15) is 25.1 Å². The highest BCUT2D eigenvalue weighted by molar-refractivity contribution is 9.10. The highest BCUT2D eigenvalue weighted by Crippen LogP contribution is 2.19. The molecule has 1 aromatic rings. The second-order valence-corrected chi connectivity index (χ2v) is 3.96. The zero-order valence-corrected chi connectivity index (χ0v) is 8.63. The maximum absolute atomic E-state index is 4.35. The zero-order valence-electron chi connectivity index (χ0n) is 7.05. The molecule has 1 N–H and O–H groups in total. The minimum atomic E-state index is 0.422. The number of halogens is 1. The molecule has 1 aliphatic heterocycles. The molecule has 0 aromatic carbocycles. The van der Waals surface area contributed by atoms with E-state index < -0.39 is 0 Å². The lowest BCUT2D eigenvalue weighted by molar-refractivity contribution is 0.582. The molecule has 0 fully saturated rings. The average molecular weight is 230 g/mol. The van der Waals surface area contributed by atoms with Crippen LogP contribution in [-0.2, 0) is 6.54 Å². The SMILES string of the molecule is CC1NCCCn2nc(Br)cc21. The summed E-state index contributed by atoms with van der Waals surface area (Å²) in [5.41, 5.74) is 1.28. The van der Waals surface area contributed by atoms with E-state index >= 15 is 0 Å². The fourth-order valence-corrected chi connectivity index (χ4v) is 2.00. The van der Waals surface area contributed by atoms with Gasteiger partial charge in [0.2, 0.25) is 0 Å². The summed E-state index contributed by atoms with van der Waals surface area (Å²) in [7, 11) is 0. The molecule has 0 radical (unpaired) electrons. The molecule has 0 saturated heterocycles. The van der Waals surface area contributed by atoms with E-state index in [-0.39, 0.29) is 0 Å². The molecule has 4 heteroatoms. The van der Waals surface area contributed by atoms with Gasteiger partial charge in [-0.15, -0.1) is 0 Å². The van der Waals surface area contributed by atoms with E-state index in [1.807, 2.05) is 0 Å². The van der Waals surface area contributed by atoms with Gasteiger partial charge >= 0.3 is 0 Å². The number of nitrogens with one attached hydrogen (secondary N) is 1. The van der Waals surface area contributed by atoms with Crippen molar-refractivity contribution in [3.8, 4) is 0 Å². The highest BCUT2D eigenvalue weighted by Gasteiger charge is 2.15. The maximum Gasteiger partial charge on any atom is 0.128 e. The Morgan fingerprint density at radius 1 is 1.75 bits per heavy atom. The molecule has 12 heavy (non-hydrogen) atoms. The number of fused-ring (bicyclic) bond motifs is 1. The van der Waals surface area contributed by atoms with Gasteiger partial charge in [-0.1, -0.05) is 0 Å². The van der Waals surface area contributed by atoms with Crippen LogP contribution < -0.4 is 5.32 Å². The van der Waals surface area contributed by atoms with Crippen LogP contribution in [0.3, 0.4) is 0 Å². The van der Waals surface area contributed by atoms with Gasteiger partial charge in [-0.25, -0.2) is 0 Å². The first kappa shape index (κ1) is 8.26. The largest absolute Gasteiger partial charge is 0.309 e. The molecule has 3 nitrogen and oxygen atoms in total. The molecular weight excluding hydrogens is 218 g/mol. The number of nitrogens with zero attached hydrogens (tertiary/aromatic N) is 2. The topological polar surface area (TPSA) is 29.9 Å². The minimum absolute atomic E-state index is 0.422. The summed E-state index contributed by atoms with van der Waals surface area (Å²) in [6.07, 6.45) is 1.16. The van der Waals surface area contributed by atoms with E-state index in [2.05, 4.69) is 44.0 Å². The fraction of sp³-hybridized carbons (Fsp3) is 0.625. The third-order valence-corrected chi connectivity index (χ3v) is 2.61. The van der Waals surface area contributed by atoms with E-state index in [1.165, 1.54) is 5.69 Å². The third kappa shape index (κ3) is 1.41. The monoisotopic (exact) mass is 229 g/mol. The van der Waals surface area contributed by atoms with Gasteiger partial charge in [0.25, 0.3) is 0 Å². The van der Waals surface area contributed by atoms with Crippen LogP contribution in [0.4, 0.5) is 0 Å². The number of aryl methyl sites for hydroxylation is 1. The van der Waals surface area contributed by atoms with Crippen molar-refractivity contribution in [3.63, 3.8) is 0 Å². The average Bonchev–Trinajstić information content (AvgIpc) is 2.33. The van der Waals surface area contributed by atoms with Crippen molar-refractivity contribution in [1.29, 1.82) is 0 Å². The minimum Gasteiger partial charge on any atom is -0.309 e. The second-order valence-electron chi connectivity index (χ2n) is 3.14. The Hall–Kier alpha value is -0.350. The molecule has 2 heterocycles. The van der Waals surface area contributed by atoms with Crippen molar-refractivity contribution in [3.05, 3.63) is 16.4 Å². The van der Waals surface area contributed by atoms with Gasteiger partial charge in [0.15, 0.2) is 0 Å². The molecule has 0 bridgehead atoms. The molecule has 1 aliphatic rings. The lowest BCUT2D eigenvalue weighted by Crippen LogP contribution is -2.17. The van der Waals surface area contributed by atoms with Crippen LogP contribution in [0.25, 0.3) is 0 Å². The molecule has 0 saturated carbocycles. The first-order chi connectivity index (χ1) is 5.77. The first-order valence-corrected chi connectivity index (χ1v) is 5.03. The lowest BCUT2D eigenvalue weighted by Gasteiger charge is -2.08. The van der Waals surface area contributed by atoms with Crippen LogP contribution in [-0.4, -0.2) is 16.3 Å². The van der Waals surface area contributed by atoms with Crippen molar-refractivity contribution >= 4 is 15.9 Å². The van der Waals surface area contributed by atoms with Crippen molar-refractivity contribution < 1.29 is 0 Å². The first-order valence-electron chi connectivity index (χ1n) is 4.24. The molecule has 2 rings (SSSR count). The Morgan fingerprint density at radius 2 is 2.58 bits per heavy atom. The van der Waals surface area contributed by atoms with Crippen molar-refractivity contribution in [2.75, 3.05) is 6.54 Å². The molecule has 0 spiro atoms. The fourth-order valence-electron chi connectivity index (χ4n) is 1.58. The number of rotatable bonds is 0. The Morgan fingerprint density at radius 3 is 3.42 bits per heavy atom. The number of hydrogen-bond donors (Lipinski definition) is 1. The quantitative estimate of drug-likeness (QED) is 0.735. The molecule has 1 atom stereocenters. The summed E-state index contributed by atoms with van der Waals surface area (Å²) < 4.78 is 3.02. The molecule has 0 aliphatic carbocycles. The van der Waals surface area contributed by atoms with E-state index in [4.69, 9.17) is 0 Å². The van der Waals surface area contributed by atoms with Crippen molar-refractivity contribution in [2.24, 2.45) is 0 Å². The van der Waals surface area contributed by atoms with Crippen LogP contribution in [0.2, 0.25) is 0 Å². The predicted molar refractivity (Wildman–Crippen MR) is 51.0 cm³/mol. The van der Waals surface area contributed by atoms with Gasteiger partial charge in [0.05, 0.1) is 5.69 Å². The van der Waals surface area contributed by atoms with Gasteiger partial charge in [-0.2, -0.15) is 5.10 Å². The summed E-state index contributed by atoms with van der Waals surface area (Å²) >= 11 is 3.39. The molecule has 1 aromatic heterocycles. The van der Waals surface area contributed by atoms with Gasteiger partial charge in [-0.05, 0) is 41.9 Å². The predicted octanol–water partition coefficient (Wildman–Crippen LogP) is 1.70. The summed E-state index contributed by atoms with van der Waals surface area (Å²) in [5.74, 6) is 0. The van der Waals surface area contributed by atoms with Crippen LogP contribution in [0, 0.1) is 0 Å². The lowest BCUT2D eigenvalue weighted by atomic mass is 10.2. The van der Waals surface area contributed by atoms with E-state index in [0.29, 0.717) is 6.04 Å². The number of hydrogen-bond acceptors (Lipinski definition) is 2. The molecule has 66 valence electrons. The smallest absolute Gasteiger partial charge is 0.128 e. The van der Waals surface area contributed by atoms with Crippen molar-refractivity contribution in [1.82, 2.24) is 15.1 Å². The Bertz CT molecular complexity index is 282. The standard InChI is InChI=1S/C8H12BrN3/c1-6-7-5-8(9)11-12(7)4-2-3-10-6/h5-6,10H,2-4H2,1H3. The van der Waals surface area contributed by atoms with Gasteiger partial charge in [0.1, 0.15) is 4.60 Å². The summed E-state index contributed by atoms with van der Waals surface area (Å²) in [5, 5.41) is 7.79. The van der Waals surface area contributed by atoms with Gasteiger partial charge in [0, 0.05) is 12.6 Å². The zero-order chi connectivity index (χ0) is 8.55. The Labute approximate surface area is 80.3 Å². The van der Waals surface area contributed by atoms with Crippen LogP contribution >= 0.6 is 15.9 Å². The summed E-state index contributed by atoms with van der Waals surface area (Å²) in [6.45, 7) is 4.28. The van der Waals surface area contributed by atoms with E-state index in [0.717, 1.165) is 24.1 Å². The molecule has 0 amide bonds. The van der Waals surface area contributed by atoms with Crippen molar-refractivity contribution in [2.45, 2.75) is 25.9 Å². The van der Waals surface area contributed by atoms with Crippen LogP contribution in [0.5, 0.6) is 0 Å². The normalized spacial score (nSPS) is 23.3. The third-order valence-electron chi connectivity index (χ3n) is 2.22. The van der Waals surface area contributed by atoms with Gasteiger partial charge < -0.3 is 5.32 Å². The van der Waals surface area contributed by atoms with E-state index in [1.54, 1.807) is 0 Å². The van der Waals surface area contributed by atoms with Gasteiger partial charge in [-0.3, -0.25) is 4.68 Å². The highest BCUT2D eigenvalue weighted by atomic mass is 79.9. The Balaban J connectivity index is 2.38. The second kappa shape index (κ2) is 3.18. The Kier molecular flexibility index (Phi) is 2.19. The molecule has 1 unspecified atom stereocenters. The maximum atomic E-state index is 4.35.